The van der Waals surface area contributed by atoms with Crippen LogP contribution in [0, 0.1) is 6.92 Å². The topological polar surface area (TPSA) is 101 Å². The zero-order valence-electron chi connectivity index (χ0n) is 10.6. The highest BCUT2D eigenvalue weighted by atomic mass is 32.2. The summed E-state index contributed by atoms with van der Waals surface area (Å²) in [5.41, 5.74) is 0. The van der Waals surface area contributed by atoms with Gasteiger partial charge in [0.1, 0.15) is 5.76 Å². The summed E-state index contributed by atoms with van der Waals surface area (Å²) in [6, 6.07) is 0.684. The Labute approximate surface area is 106 Å². The Bertz CT molecular complexity index is 509. The summed E-state index contributed by atoms with van der Waals surface area (Å²) >= 11 is 0. The summed E-state index contributed by atoms with van der Waals surface area (Å²) in [4.78, 5) is 11.7. The lowest BCUT2D eigenvalue weighted by molar-refractivity contribution is -0.117. The van der Waals surface area contributed by atoms with Crippen LogP contribution >= 0.6 is 0 Å². The molecule has 1 heterocycles. The third kappa shape index (κ3) is 4.46. The number of nitrogens with zero attached hydrogens (tertiary/aromatic N) is 1. The molecule has 8 heteroatoms. The van der Waals surface area contributed by atoms with Gasteiger partial charge < -0.3 is 9.84 Å². The fraction of sp³-hybridized carbons (Fsp3) is 0.600. The van der Waals surface area contributed by atoms with E-state index in [9.17, 15) is 13.2 Å². The summed E-state index contributed by atoms with van der Waals surface area (Å²) in [7, 11) is -3.42. The van der Waals surface area contributed by atoms with Gasteiger partial charge in [-0.15, -0.1) is 0 Å². The number of amides is 1. The maximum Gasteiger partial charge on any atom is 0.243 e. The molecule has 18 heavy (non-hydrogen) atoms. The quantitative estimate of drug-likeness (QED) is 0.793. The van der Waals surface area contributed by atoms with Crippen molar-refractivity contribution in [2.24, 2.45) is 0 Å². The highest BCUT2D eigenvalue weighted by Gasteiger charge is 2.20. The molecule has 0 aliphatic rings. The van der Waals surface area contributed by atoms with Gasteiger partial charge in [0.05, 0.1) is 11.8 Å². The van der Waals surface area contributed by atoms with Gasteiger partial charge in [0.25, 0.3) is 0 Å². The van der Waals surface area contributed by atoms with Crippen LogP contribution in [-0.4, -0.2) is 31.3 Å². The molecule has 0 fully saturated rings. The van der Waals surface area contributed by atoms with Crippen LogP contribution in [-0.2, 0) is 14.8 Å². The van der Waals surface area contributed by atoms with E-state index in [-0.39, 0.29) is 11.6 Å². The van der Waals surface area contributed by atoms with Crippen LogP contribution in [0.1, 0.15) is 26.0 Å². The van der Waals surface area contributed by atoms with Gasteiger partial charge in [-0.1, -0.05) is 12.1 Å². The van der Waals surface area contributed by atoms with E-state index in [0.717, 1.165) is 0 Å². The van der Waals surface area contributed by atoms with Gasteiger partial charge in [0.15, 0.2) is 5.82 Å². The minimum atomic E-state index is -3.42. The Balaban J connectivity index is 2.57. The van der Waals surface area contributed by atoms with Crippen LogP contribution in [0.15, 0.2) is 10.6 Å². The Morgan fingerprint density at radius 1 is 1.56 bits per heavy atom. The van der Waals surface area contributed by atoms with E-state index in [1.807, 2.05) is 0 Å². The fourth-order valence-electron chi connectivity index (χ4n) is 1.31. The van der Waals surface area contributed by atoms with E-state index in [1.54, 1.807) is 19.9 Å². The third-order valence-corrected chi connectivity index (χ3v) is 3.76. The predicted molar refractivity (Wildman–Crippen MR) is 66.5 cm³/mol. The first-order valence-corrected chi connectivity index (χ1v) is 7.23. The molecule has 0 aromatic carbocycles. The highest BCUT2D eigenvalue weighted by molar-refractivity contribution is 7.89. The highest BCUT2D eigenvalue weighted by Crippen LogP contribution is 2.07. The Morgan fingerprint density at radius 3 is 2.72 bits per heavy atom. The molecule has 0 spiro atoms. The minimum Gasteiger partial charge on any atom is -0.360 e. The van der Waals surface area contributed by atoms with Gasteiger partial charge >= 0.3 is 0 Å². The first-order chi connectivity index (χ1) is 8.34. The van der Waals surface area contributed by atoms with E-state index in [1.165, 1.54) is 6.92 Å². The average molecular weight is 275 g/mol. The van der Waals surface area contributed by atoms with Gasteiger partial charge in [-0.3, -0.25) is 4.79 Å². The van der Waals surface area contributed by atoms with Crippen molar-refractivity contribution in [1.82, 2.24) is 9.88 Å². The minimum absolute atomic E-state index is 0.00626. The van der Waals surface area contributed by atoms with Gasteiger partial charge in [0, 0.05) is 6.07 Å². The molecule has 1 aromatic rings. The van der Waals surface area contributed by atoms with Crippen molar-refractivity contribution in [3.05, 3.63) is 11.8 Å². The number of anilines is 1. The molecule has 0 saturated carbocycles. The van der Waals surface area contributed by atoms with Crippen LogP contribution in [0.4, 0.5) is 5.82 Å². The number of carbonyl (C=O) groups excluding carboxylic acids is 1. The summed E-state index contributed by atoms with van der Waals surface area (Å²) in [5.74, 6) is 0.333. The lowest BCUT2D eigenvalue weighted by Gasteiger charge is -2.12. The molecular weight excluding hydrogens is 258 g/mol. The van der Waals surface area contributed by atoms with Gasteiger partial charge in [-0.2, -0.15) is 0 Å². The maximum atomic E-state index is 11.7. The first-order valence-electron chi connectivity index (χ1n) is 5.58. The van der Waals surface area contributed by atoms with Crippen LogP contribution in [0.5, 0.6) is 0 Å². The van der Waals surface area contributed by atoms with Gasteiger partial charge in [-0.05, 0) is 20.3 Å². The van der Waals surface area contributed by atoms with Crippen LogP contribution in [0.25, 0.3) is 0 Å². The van der Waals surface area contributed by atoms with Crippen molar-refractivity contribution < 1.29 is 17.7 Å². The molecule has 1 atom stereocenters. The second-order valence-electron chi connectivity index (χ2n) is 3.97. The molecule has 0 radical (unpaired) electrons. The maximum absolute atomic E-state index is 11.7. The molecule has 0 unspecified atom stereocenters. The van der Waals surface area contributed by atoms with Crippen molar-refractivity contribution in [3.8, 4) is 0 Å². The summed E-state index contributed by atoms with van der Waals surface area (Å²) in [5, 5.41) is 6.04. The van der Waals surface area contributed by atoms with Crippen LogP contribution in [0.3, 0.4) is 0 Å². The number of rotatable bonds is 6. The molecule has 1 rings (SSSR count). The third-order valence-electron chi connectivity index (χ3n) is 2.10. The number of carbonyl (C=O) groups is 1. The molecule has 7 nitrogen and oxygen atoms in total. The van der Waals surface area contributed by atoms with Crippen molar-refractivity contribution >= 4 is 21.7 Å². The molecule has 0 aliphatic carbocycles. The zero-order valence-corrected chi connectivity index (χ0v) is 11.4. The van der Waals surface area contributed by atoms with Crippen molar-refractivity contribution in [2.75, 3.05) is 11.1 Å². The van der Waals surface area contributed by atoms with E-state index in [0.29, 0.717) is 12.2 Å². The monoisotopic (exact) mass is 275 g/mol. The molecule has 2 N–H and O–H groups in total. The largest absolute Gasteiger partial charge is 0.360 e. The molecule has 102 valence electrons. The summed E-state index contributed by atoms with van der Waals surface area (Å²) in [6.45, 7) is 4.91. The number of hydrogen-bond donors (Lipinski definition) is 2. The van der Waals surface area contributed by atoms with E-state index < -0.39 is 22.0 Å². The predicted octanol–water partition coefficient (Wildman–Crippen LogP) is 0.639. The summed E-state index contributed by atoms with van der Waals surface area (Å²) in [6.07, 6.45) is 0.492. The lowest BCUT2D eigenvalue weighted by Crippen LogP contribution is -2.42. The van der Waals surface area contributed by atoms with E-state index >= 15 is 0 Å². The second kappa shape index (κ2) is 5.96. The van der Waals surface area contributed by atoms with Gasteiger partial charge in [-0.25, -0.2) is 13.1 Å². The van der Waals surface area contributed by atoms with Crippen LogP contribution < -0.4 is 10.0 Å². The number of nitrogens with one attached hydrogen (secondary N) is 2. The van der Waals surface area contributed by atoms with Crippen molar-refractivity contribution in [2.45, 2.75) is 33.2 Å². The van der Waals surface area contributed by atoms with Crippen molar-refractivity contribution in [3.63, 3.8) is 0 Å². The molecule has 0 bridgehead atoms. The molecule has 0 aliphatic heterocycles. The number of sulfonamides is 1. The number of hydrogen-bond acceptors (Lipinski definition) is 5. The number of aryl methyl sites for hydroxylation is 1. The van der Waals surface area contributed by atoms with Gasteiger partial charge in [0.2, 0.25) is 15.9 Å². The Hall–Kier alpha value is -1.41. The SMILES string of the molecule is CCCS(=O)(=O)N[C@@H](C)C(=O)Nc1cc(C)on1. The normalized spacial score (nSPS) is 13.3. The second-order valence-corrected chi connectivity index (χ2v) is 5.84. The standard InChI is InChI=1S/C10H17N3O4S/c1-4-5-18(15,16)13-8(3)10(14)11-9-6-7(2)17-12-9/h6,8,13H,4-5H2,1-3H3,(H,11,12,14)/t8-/m0/s1. The average Bonchev–Trinajstić information content (AvgIpc) is 2.62. The molecule has 0 saturated heterocycles. The number of aromatic nitrogens is 1. The van der Waals surface area contributed by atoms with Crippen LogP contribution in [0.2, 0.25) is 0 Å². The van der Waals surface area contributed by atoms with Crippen molar-refractivity contribution in [1.29, 1.82) is 0 Å². The first kappa shape index (κ1) is 14.7. The Morgan fingerprint density at radius 2 is 2.22 bits per heavy atom. The summed E-state index contributed by atoms with van der Waals surface area (Å²) < 4.78 is 30.0. The molecule has 1 aromatic heterocycles. The Kier molecular flexibility index (Phi) is 4.85. The zero-order chi connectivity index (χ0) is 13.8. The van der Waals surface area contributed by atoms with E-state index in [4.69, 9.17) is 4.52 Å². The van der Waals surface area contributed by atoms with E-state index in [2.05, 4.69) is 15.2 Å². The fourth-order valence-corrected chi connectivity index (χ4v) is 2.61. The smallest absolute Gasteiger partial charge is 0.243 e. The molecule has 1 amide bonds. The lowest BCUT2D eigenvalue weighted by atomic mass is 10.3. The molecular formula is C10H17N3O4S.